The molecular weight excluding hydrogens is 397 g/mol. The molecule has 2 rings (SSSR count). The molecule has 1 N–H and O–H groups in total. The van der Waals surface area contributed by atoms with E-state index in [4.69, 9.17) is 4.74 Å². The van der Waals surface area contributed by atoms with E-state index >= 15 is 0 Å². The highest BCUT2D eigenvalue weighted by atomic mass is 79.9. The number of carbonyl (C=O) groups is 3. The van der Waals surface area contributed by atoms with E-state index in [1.54, 1.807) is 0 Å². The molecule has 0 saturated carbocycles. The molecule has 0 radical (unpaired) electrons. The SMILES string of the molecule is COC(=O)c1ccc(NC(=O)COC(=O)c2ccc(F)cc2Br)cc1. The smallest absolute Gasteiger partial charge is 0.339 e. The molecule has 0 bridgehead atoms. The number of halogens is 2. The third-order valence-electron chi connectivity index (χ3n) is 3.08. The topological polar surface area (TPSA) is 81.7 Å². The molecule has 0 aliphatic rings. The number of benzene rings is 2. The number of rotatable bonds is 5. The number of methoxy groups -OCH3 is 1. The van der Waals surface area contributed by atoms with Crippen LogP contribution in [0.25, 0.3) is 0 Å². The van der Waals surface area contributed by atoms with Gasteiger partial charge in [-0.15, -0.1) is 0 Å². The number of hydrogen-bond donors (Lipinski definition) is 1. The minimum atomic E-state index is -0.761. The molecule has 2 aromatic rings. The fourth-order valence-electron chi connectivity index (χ4n) is 1.87. The second-order valence-corrected chi connectivity index (χ2v) is 5.67. The molecule has 6 nitrogen and oxygen atoms in total. The van der Waals surface area contributed by atoms with E-state index in [0.717, 1.165) is 12.1 Å². The highest BCUT2D eigenvalue weighted by Crippen LogP contribution is 2.19. The van der Waals surface area contributed by atoms with Gasteiger partial charge in [0.1, 0.15) is 5.82 Å². The Morgan fingerprint density at radius 1 is 1.08 bits per heavy atom. The van der Waals surface area contributed by atoms with Crippen LogP contribution in [0.4, 0.5) is 10.1 Å². The minimum Gasteiger partial charge on any atom is -0.465 e. The van der Waals surface area contributed by atoms with E-state index < -0.39 is 30.3 Å². The minimum absolute atomic E-state index is 0.108. The lowest BCUT2D eigenvalue weighted by Gasteiger charge is -2.08. The number of esters is 2. The third-order valence-corrected chi connectivity index (χ3v) is 3.73. The summed E-state index contributed by atoms with van der Waals surface area (Å²) in [6.07, 6.45) is 0. The molecule has 25 heavy (non-hydrogen) atoms. The molecule has 2 aromatic carbocycles. The van der Waals surface area contributed by atoms with Crippen molar-refractivity contribution >= 4 is 39.5 Å². The summed E-state index contributed by atoms with van der Waals surface area (Å²) in [5, 5.41) is 2.52. The maximum Gasteiger partial charge on any atom is 0.339 e. The van der Waals surface area contributed by atoms with Crippen LogP contribution in [0.2, 0.25) is 0 Å². The molecule has 0 heterocycles. The van der Waals surface area contributed by atoms with Crippen LogP contribution >= 0.6 is 15.9 Å². The second kappa shape index (κ2) is 8.39. The maximum absolute atomic E-state index is 13.0. The van der Waals surface area contributed by atoms with Crippen molar-refractivity contribution in [3.8, 4) is 0 Å². The highest BCUT2D eigenvalue weighted by Gasteiger charge is 2.14. The van der Waals surface area contributed by atoms with Crippen molar-refractivity contribution in [1.29, 1.82) is 0 Å². The van der Waals surface area contributed by atoms with Gasteiger partial charge < -0.3 is 14.8 Å². The van der Waals surface area contributed by atoms with Gasteiger partial charge in [0, 0.05) is 10.2 Å². The molecule has 130 valence electrons. The van der Waals surface area contributed by atoms with Gasteiger partial charge in [0.05, 0.1) is 18.2 Å². The van der Waals surface area contributed by atoms with Gasteiger partial charge in [-0.05, 0) is 58.4 Å². The largest absolute Gasteiger partial charge is 0.465 e. The molecule has 0 spiro atoms. The Labute approximate surface area is 151 Å². The Morgan fingerprint density at radius 3 is 2.36 bits per heavy atom. The summed E-state index contributed by atoms with van der Waals surface area (Å²) in [4.78, 5) is 35.0. The number of hydrogen-bond acceptors (Lipinski definition) is 5. The summed E-state index contributed by atoms with van der Waals surface area (Å²) in [5.41, 5.74) is 0.876. The zero-order valence-electron chi connectivity index (χ0n) is 13.0. The molecule has 0 aliphatic carbocycles. The normalized spacial score (nSPS) is 10.0. The van der Waals surface area contributed by atoms with Gasteiger partial charge in [-0.2, -0.15) is 0 Å². The summed E-state index contributed by atoms with van der Waals surface area (Å²) in [7, 11) is 1.27. The van der Waals surface area contributed by atoms with Crippen LogP contribution in [0.5, 0.6) is 0 Å². The van der Waals surface area contributed by atoms with Crippen molar-refractivity contribution in [1.82, 2.24) is 0 Å². The van der Waals surface area contributed by atoms with Crippen molar-refractivity contribution in [3.63, 3.8) is 0 Å². The first kappa shape index (κ1) is 18.6. The van der Waals surface area contributed by atoms with Gasteiger partial charge in [-0.1, -0.05) is 0 Å². The molecular formula is C17H13BrFNO5. The lowest BCUT2D eigenvalue weighted by Crippen LogP contribution is -2.21. The standard InChI is InChI=1S/C17H13BrFNO5/c1-24-16(22)10-2-5-12(6-3-10)20-15(21)9-25-17(23)13-7-4-11(19)8-14(13)18/h2-8H,9H2,1H3,(H,20,21). The van der Waals surface area contributed by atoms with E-state index in [1.165, 1.54) is 37.4 Å². The van der Waals surface area contributed by atoms with E-state index in [0.29, 0.717) is 11.3 Å². The Morgan fingerprint density at radius 2 is 1.76 bits per heavy atom. The summed E-state index contributed by atoms with van der Waals surface area (Å²) >= 11 is 3.05. The molecule has 1 amide bonds. The molecule has 0 aliphatic heterocycles. The summed E-state index contributed by atoms with van der Waals surface area (Å²) in [6.45, 7) is -0.512. The Kier molecular flexibility index (Phi) is 6.24. The van der Waals surface area contributed by atoms with Crippen molar-refractivity contribution in [2.45, 2.75) is 0 Å². The van der Waals surface area contributed by atoms with E-state index in [1.807, 2.05) is 0 Å². The zero-order valence-corrected chi connectivity index (χ0v) is 14.6. The fourth-order valence-corrected chi connectivity index (χ4v) is 2.38. The van der Waals surface area contributed by atoms with Crippen molar-refractivity contribution < 1.29 is 28.2 Å². The van der Waals surface area contributed by atoms with Crippen molar-refractivity contribution in [3.05, 3.63) is 63.9 Å². The monoisotopic (exact) mass is 409 g/mol. The molecule has 0 aromatic heterocycles. The van der Waals surface area contributed by atoms with Crippen LogP contribution < -0.4 is 5.32 Å². The van der Waals surface area contributed by atoms with Crippen LogP contribution in [0.3, 0.4) is 0 Å². The van der Waals surface area contributed by atoms with Gasteiger partial charge in [0.15, 0.2) is 6.61 Å². The fraction of sp³-hybridized carbons (Fsp3) is 0.118. The first-order valence-electron chi connectivity index (χ1n) is 7.01. The quantitative estimate of drug-likeness (QED) is 0.766. The van der Waals surface area contributed by atoms with Crippen LogP contribution in [0.15, 0.2) is 46.9 Å². The van der Waals surface area contributed by atoms with E-state index in [-0.39, 0.29) is 10.0 Å². The van der Waals surface area contributed by atoms with Gasteiger partial charge in [-0.25, -0.2) is 14.0 Å². The van der Waals surface area contributed by atoms with Crippen molar-refractivity contribution in [2.24, 2.45) is 0 Å². The number of carbonyl (C=O) groups excluding carboxylic acids is 3. The van der Waals surface area contributed by atoms with E-state index in [2.05, 4.69) is 26.0 Å². The number of anilines is 1. The summed E-state index contributed by atoms with van der Waals surface area (Å²) < 4.78 is 22.7. The average molecular weight is 410 g/mol. The van der Waals surface area contributed by atoms with Crippen molar-refractivity contribution in [2.75, 3.05) is 19.0 Å². The number of ether oxygens (including phenoxy) is 2. The zero-order chi connectivity index (χ0) is 18.4. The van der Waals surface area contributed by atoms with Crippen LogP contribution in [-0.2, 0) is 14.3 Å². The lowest BCUT2D eigenvalue weighted by molar-refractivity contribution is -0.119. The Bertz CT molecular complexity index is 807. The predicted molar refractivity (Wildman–Crippen MR) is 90.8 cm³/mol. The van der Waals surface area contributed by atoms with Crippen LogP contribution in [-0.4, -0.2) is 31.6 Å². The van der Waals surface area contributed by atoms with Gasteiger partial charge in [-0.3, -0.25) is 4.79 Å². The highest BCUT2D eigenvalue weighted by molar-refractivity contribution is 9.10. The van der Waals surface area contributed by atoms with E-state index in [9.17, 15) is 18.8 Å². The first-order chi connectivity index (χ1) is 11.9. The Balaban J connectivity index is 1.90. The lowest BCUT2D eigenvalue weighted by atomic mass is 10.2. The molecule has 8 heteroatoms. The number of nitrogens with one attached hydrogen (secondary N) is 1. The first-order valence-corrected chi connectivity index (χ1v) is 7.80. The molecule has 0 saturated heterocycles. The third kappa shape index (κ3) is 5.12. The summed E-state index contributed by atoms with van der Waals surface area (Å²) in [6, 6.07) is 9.51. The maximum atomic E-state index is 13.0. The molecule has 0 fully saturated rings. The average Bonchev–Trinajstić information content (AvgIpc) is 2.59. The second-order valence-electron chi connectivity index (χ2n) is 4.82. The predicted octanol–water partition coefficient (Wildman–Crippen LogP) is 3.17. The number of amides is 1. The summed E-state index contributed by atoms with van der Waals surface area (Å²) in [5.74, 6) is -2.31. The van der Waals surface area contributed by atoms with Gasteiger partial charge >= 0.3 is 11.9 Å². The Hall–Kier alpha value is -2.74. The van der Waals surface area contributed by atoms with Crippen LogP contribution in [0.1, 0.15) is 20.7 Å². The van der Waals surface area contributed by atoms with Gasteiger partial charge in [0.25, 0.3) is 5.91 Å². The van der Waals surface area contributed by atoms with Gasteiger partial charge in [0.2, 0.25) is 0 Å². The van der Waals surface area contributed by atoms with Crippen LogP contribution in [0, 0.1) is 5.82 Å². The molecule has 0 unspecified atom stereocenters. The molecule has 0 atom stereocenters.